The van der Waals surface area contributed by atoms with Crippen molar-refractivity contribution >= 4 is 11.6 Å². The summed E-state index contributed by atoms with van der Waals surface area (Å²) < 4.78 is 36.6. The van der Waals surface area contributed by atoms with Gasteiger partial charge in [0.1, 0.15) is 0 Å². The normalized spacial score (nSPS) is 11.8. The Kier molecular flexibility index (Phi) is 2.77. The molecule has 0 bridgehead atoms. The number of alkyl halides is 3. The van der Waals surface area contributed by atoms with Gasteiger partial charge in [-0.1, -0.05) is 11.6 Å². The van der Waals surface area contributed by atoms with E-state index < -0.39 is 16.8 Å². The van der Waals surface area contributed by atoms with Crippen LogP contribution in [0.4, 0.5) is 13.2 Å². The van der Waals surface area contributed by atoms with Crippen molar-refractivity contribution in [2.75, 3.05) is 0 Å². The molecule has 6 heteroatoms. The first kappa shape index (κ1) is 10.3. The first-order valence-corrected chi connectivity index (χ1v) is 3.74. The van der Waals surface area contributed by atoms with Crippen molar-refractivity contribution in [1.82, 2.24) is 4.98 Å². The van der Waals surface area contributed by atoms with Gasteiger partial charge >= 0.3 is 6.18 Å². The Morgan fingerprint density at radius 2 is 2.08 bits per heavy atom. The van der Waals surface area contributed by atoms with Gasteiger partial charge < -0.3 is 5.73 Å². The molecule has 0 radical (unpaired) electrons. The van der Waals surface area contributed by atoms with Gasteiger partial charge in [-0.05, 0) is 6.07 Å². The van der Waals surface area contributed by atoms with Gasteiger partial charge in [0.15, 0.2) is 0 Å². The maximum Gasteiger partial charge on any atom is 0.417 e. The Morgan fingerprint density at radius 1 is 1.46 bits per heavy atom. The molecule has 1 aromatic heterocycles. The lowest BCUT2D eigenvalue weighted by molar-refractivity contribution is -0.137. The zero-order valence-electron chi connectivity index (χ0n) is 6.40. The number of rotatable bonds is 1. The summed E-state index contributed by atoms with van der Waals surface area (Å²) >= 11 is 5.31. The molecule has 0 spiro atoms. The van der Waals surface area contributed by atoms with Gasteiger partial charge in [-0.15, -0.1) is 0 Å². The number of hydrogen-bond donors (Lipinski definition) is 1. The fourth-order valence-electron chi connectivity index (χ4n) is 0.811. The minimum absolute atomic E-state index is 0.0414. The van der Waals surface area contributed by atoms with Crippen LogP contribution in [0.15, 0.2) is 12.3 Å². The second-order valence-electron chi connectivity index (χ2n) is 2.36. The molecule has 2 nitrogen and oxygen atoms in total. The van der Waals surface area contributed by atoms with Crippen molar-refractivity contribution in [2.24, 2.45) is 5.73 Å². The van der Waals surface area contributed by atoms with Crippen LogP contribution in [-0.2, 0) is 12.7 Å². The van der Waals surface area contributed by atoms with Crippen molar-refractivity contribution in [3.8, 4) is 0 Å². The molecule has 0 aromatic carbocycles. The molecule has 2 N–H and O–H groups in total. The van der Waals surface area contributed by atoms with Crippen molar-refractivity contribution in [3.05, 3.63) is 28.5 Å². The number of pyridine rings is 1. The molecule has 0 atom stereocenters. The maximum absolute atomic E-state index is 12.2. The molecule has 1 rings (SSSR count). The van der Waals surface area contributed by atoms with Crippen molar-refractivity contribution in [2.45, 2.75) is 12.7 Å². The van der Waals surface area contributed by atoms with E-state index in [1.54, 1.807) is 0 Å². The summed E-state index contributed by atoms with van der Waals surface area (Å²) in [6, 6.07) is 0.850. The third-order valence-corrected chi connectivity index (χ3v) is 1.73. The standard InChI is InChI=1S/C7H6ClF3N2/c8-6-3-13-4(2-12)1-5(6)7(9,10)11/h1,3H,2,12H2. The Bertz CT molecular complexity index is 311. The molecule has 0 aliphatic heterocycles. The number of nitrogens with two attached hydrogens (primary N) is 1. The van der Waals surface area contributed by atoms with Crippen LogP contribution in [0, 0.1) is 0 Å². The predicted molar refractivity (Wildman–Crippen MR) is 42.1 cm³/mol. The molecule has 0 aliphatic carbocycles. The molecule has 13 heavy (non-hydrogen) atoms. The van der Waals surface area contributed by atoms with Crippen LogP contribution in [0.3, 0.4) is 0 Å². The lowest BCUT2D eigenvalue weighted by atomic mass is 10.2. The van der Waals surface area contributed by atoms with Gasteiger partial charge in [-0.2, -0.15) is 13.2 Å². The monoisotopic (exact) mass is 210 g/mol. The minimum Gasteiger partial charge on any atom is -0.325 e. The van der Waals surface area contributed by atoms with Gasteiger partial charge in [0.2, 0.25) is 0 Å². The molecule has 1 aromatic rings. The molecule has 1 heterocycles. The average Bonchev–Trinajstić information content (AvgIpc) is 2.03. The molecule has 0 saturated carbocycles. The number of halogens is 4. The van der Waals surface area contributed by atoms with E-state index in [-0.39, 0.29) is 12.2 Å². The zero-order valence-corrected chi connectivity index (χ0v) is 7.15. The van der Waals surface area contributed by atoms with Gasteiger partial charge in [0.25, 0.3) is 0 Å². The summed E-state index contributed by atoms with van der Waals surface area (Å²) in [4.78, 5) is 3.61. The van der Waals surface area contributed by atoms with Crippen LogP contribution in [-0.4, -0.2) is 4.98 Å². The Balaban J connectivity index is 3.19. The fourth-order valence-corrected chi connectivity index (χ4v) is 1.02. The highest BCUT2D eigenvalue weighted by atomic mass is 35.5. The SMILES string of the molecule is NCc1cc(C(F)(F)F)c(Cl)cn1. The quantitative estimate of drug-likeness (QED) is 0.772. The Hall–Kier alpha value is -0.810. The summed E-state index contributed by atoms with van der Waals surface area (Å²) in [5.41, 5.74) is 4.40. The van der Waals surface area contributed by atoms with E-state index in [0.29, 0.717) is 0 Å². The van der Waals surface area contributed by atoms with Crippen LogP contribution in [0.5, 0.6) is 0 Å². The van der Waals surface area contributed by atoms with Crippen LogP contribution < -0.4 is 5.73 Å². The van der Waals surface area contributed by atoms with E-state index in [1.165, 1.54) is 0 Å². The Morgan fingerprint density at radius 3 is 2.54 bits per heavy atom. The molecule has 0 fully saturated rings. The third kappa shape index (κ3) is 2.32. The lowest BCUT2D eigenvalue weighted by Crippen LogP contribution is -2.09. The molecule has 0 saturated heterocycles. The van der Waals surface area contributed by atoms with Crippen LogP contribution in [0.25, 0.3) is 0 Å². The molecule has 0 aliphatic rings. The van der Waals surface area contributed by atoms with Crippen LogP contribution in [0.1, 0.15) is 11.3 Å². The highest BCUT2D eigenvalue weighted by Crippen LogP contribution is 2.34. The second kappa shape index (κ2) is 3.51. The number of nitrogens with zero attached hydrogens (tertiary/aromatic N) is 1. The van der Waals surface area contributed by atoms with Crippen molar-refractivity contribution in [3.63, 3.8) is 0 Å². The van der Waals surface area contributed by atoms with Gasteiger partial charge in [0.05, 0.1) is 16.3 Å². The number of hydrogen-bond acceptors (Lipinski definition) is 2. The predicted octanol–water partition coefficient (Wildman–Crippen LogP) is 2.21. The van der Waals surface area contributed by atoms with Gasteiger partial charge in [0, 0.05) is 12.7 Å². The van der Waals surface area contributed by atoms with E-state index >= 15 is 0 Å². The fraction of sp³-hybridized carbons (Fsp3) is 0.286. The zero-order chi connectivity index (χ0) is 10.1. The highest BCUT2D eigenvalue weighted by Gasteiger charge is 2.33. The third-order valence-electron chi connectivity index (χ3n) is 1.43. The minimum atomic E-state index is -4.45. The number of aromatic nitrogens is 1. The van der Waals surface area contributed by atoms with Gasteiger partial charge in [-0.25, -0.2) is 0 Å². The van der Waals surface area contributed by atoms with E-state index in [9.17, 15) is 13.2 Å². The van der Waals surface area contributed by atoms with Crippen molar-refractivity contribution in [1.29, 1.82) is 0 Å². The summed E-state index contributed by atoms with van der Waals surface area (Å²) in [7, 11) is 0. The molecule has 72 valence electrons. The molecule has 0 amide bonds. The summed E-state index contributed by atoms with van der Waals surface area (Å²) in [6.45, 7) is -0.0414. The van der Waals surface area contributed by atoms with Crippen LogP contribution >= 0.6 is 11.6 Å². The van der Waals surface area contributed by atoms with E-state index in [4.69, 9.17) is 17.3 Å². The molecular formula is C7H6ClF3N2. The largest absolute Gasteiger partial charge is 0.417 e. The summed E-state index contributed by atoms with van der Waals surface area (Å²) in [5.74, 6) is 0. The smallest absolute Gasteiger partial charge is 0.325 e. The first-order valence-electron chi connectivity index (χ1n) is 3.37. The van der Waals surface area contributed by atoms with Gasteiger partial charge in [-0.3, -0.25) is 4.98 Å². The van der Waals surface area contributed by atoms with Crippen molar-refractivity contribution < 1.29 is 13.2 Å². The molecular weight excluding hydrogens is 205 g/mol. The Labute approximate surface area is 77.5 Å². The average molecular weight is 211 g/mol. The van der Waals surface area contributed by atoms with E-state index in [2.05, 4.69) is 4.98 Å². The summed E-state index contributed by atoms with van der Waals surface area (Å²) in [6.07, 6.45) is -3.50. The summed E-state index contributed by atoms with van der Waals surface area (Å²) in [5, 5.41) is -0.412. The highest BCUT2D eigenvalue weighted by molar-refractivity contribution is 6.31. The maximum atomic E-state index is 12.2. The van der Waals surface area contributed by atoms with Crippen LogP contribution in [0.2, 0.25) is 5.02 Å². The van der Waals surface area contributed by atoms with E-state index in [1.807, 2.05) is 0 Å². The lowest BCUT2D eigenvalue weighted by Gasteiger charge is -2.09. The van der Waals surface area contributed by atoms with E-state index in [0.717, 1.165) is 12.3 Å². The topological polar surface area (TPSA) is 38.9 Å². The first-order chi connectivity index (χ1) is 5.95. The second-order valence-corrected chi connectivity index (χ2v) is 2.76. The molecule has 0 unspecified atom stereocenters.